The maximum absolute atomic E-state index is 11.8. The van der Waals surface area contributed by atoms with Crippen LogP contribution in [-0.2, 0) is 11.2 Å². The van der Waals surface area contributed by atoms with Crippen molar-refractivity contribution in [1.82, 2.24) is 5.32 Å². The van der Waals surface area contributed by atoms with Crippen LogP contribution in [0, 0.1) is 0 Å². The average molecular weight is 337 g/mol. The van der Waals surface area contributed by atoms with Crippen molar-refractivity contribution >= 4 is 23.8 Å². The highest BCUT2D eigenvalue weighted by molar-refractivity contribution is 7.99. The predicted octanol–water partition coefficient (Wildman–Crippen LogP) is 4.64. The lowest BCUT2D eigenvalue weighted by Gasteiger charge is -2.20. The van der Waals surface area contributed by atoms with E-state index in [1.807, 2.05) is 39.0 Å². The van der Waals surface area contributed by atoms with Gasteiger partial charge in [0.2, 0.25) is 0 Å². The van der Waals surface area contributed by atoms with Crippen molar-refractivity contribution in [3.05, 3.63) is 35.9 Å². The molecule has 5 heteroatoms. The number of nitrogens with zero attached hydrogens (tertiary/aromatic N) is 1. The fraction of sp³-hybridized carbons (Fsp3) is 0.556. The number of hydrogen-bond acceptors (Lipinski definition) is 4. The van der Waals surface area contributed by atoms with E-state index in [0.717, 1.165) is 5.71 Å². The van der Waals surface area contributed by atoms with Gasteiger partial charge >= 0.3 is 6.09 Å². The van der Waals surface area contributed by atoms with Gasteiger partial charge in [0.05, 0.1) is 6.54 Å². The number of alkyl carbamates (subject to hydrolysis) is 1. The molecule has 1 amide bonds. The van der Waals surface area contributed by atoms with E-state index in [-0.39, 0.29) is 4.75 Å². The number of carbonyl (C=O) groups excluding carboxylic acids is 1. The summed E-state index contributed by atoms with van der Waals surface area (Å²) in [5.41, 5.74) is 1.59. The van der Waals surface area contributed by atoms with Crippen LogP contribution >= 0.6 is 11.9 Å². The third-order valence-electron chi connectivity index (χ3n) is 2.54. The van der Waals surface area contributed by atoms with Gasteiger partial charge in [-0.25, -0.2) is 9.19 Å². The number of benzene rings is 1. The summed E-state index contributed by atoms with van der Waals surface area (Å²) in [5.74, 6) is 0. The molecular formula is C18H28N2O2S. The highest BCUT2D eigenvalue weighted by Crippen LogP contribution is 2.24. The molecule has 0 heterocycles. The summed E-state index contributed by atoms with van der Waals surface area (Å²) in [6, 6.07) is 10.1. The first-order chi connectivity index (χ1) is 10.6. The number of hydrogen-bond donors (Lipinski definition) is 1. The molecule has 128 valence electrons. The van der Waals surface area contributed by atoms with Crippen LogP contribution in [0.5, 0.6) is 0 Å². The van der Waals surface area contributed by atoms with Crippen molar-refractivity contribution in [3.63, 3.8) is 0 Å². The zero-order valence-electron chi connectivity index (χ0n) is 15.0. The van der Waals surface area contributed by atoms with Gasteiger partial charge in [0.25, 0.3) is 0 Å². The minimum Gasteiger partial charge on any atom is -0.444 e. The minimum atomic E-state index is -0.499. The van der Waals surface area contributed by atoms with Crippen molar-refractivity contribution in [2.24, 2.45) is 4.40 Å². The molecular weight excluding hydrogens is 308 g/mol. The molecule has 0 unspecified atom stereocenters. The number of carbonyl (C=O) groups is 1. The zero-order valence-corrected chi connectivity index (χ0v) is 15.8. The first-order valence-electron chi connectivity index (χ1n) is 7.80. The largest absolute Gasteiger partial charge is 0.444 e. The number of ether oxygens (including phenoxy) is 1. The lowest BCUT2D eigenvalue weighted by Crippen LogP contribution is -2.36. The lowest BCUT2D eigenvalue weighted by molar-refractivity contribution is 0.0536. The van der Waals surface area contributed by atoms with E-state index < -0.39 is 11.7 Å². The Bertz CT molecular complexity index is 528. The second-order valence-corrected chi connectivity index (χ2v) is 8.97. The Morgan fingerprint density at radius 3 is 2.26 bits per heavy atom. The van der Waals surface area contributed by atoms with Crippen molar-refractivity contribution in [2.45, 2.75) is 58.3 Å². The highest BCUT2D eigenvalue weighted by atomic mass is 32.2. The third-order valence-corrected chi connectivity index (χ3v) is 3.43. The topological polar surface area (TPSA) is 50.7 Å². The molecule has 0 spiro atoms. The Morgan fingerprint density at radius 1 is 1.13 bits per heavy atom. The van der Waals surface area contributed by atoms with E-state index in [4.69, 9.17) is 4.74 Å². The highest BCUT2D eigenvalue weighted by Gasteiger charge is 2.17. The van der Waals surface area contributed by atoms with Crippen LogP contribution < -0.4 is 5.32 Å². The Hall–Kier alpha value is -1.49. The lowest BCUT2D eigenvalue weighted by atomic mass is 10.1. The molecule has 0 saturated carbocycles. The third kappa shape index (κ3) is 10.00. The summed E-state index contributed by atoms with van der Waals surface area (Å²) in [5, 5.41) is 2.79. The summed E-state index contributed by atoms with van der Waals surface area (Å²) < 4.78 is 9.93. The van der Waals surface area contributed by atoms with Gasteiger partial charge in [-0.15, -0.1) is 0 Å². The molecule has 0 aromatic heterocycles. The molecule has 0 aliphatic heterocycles. The molecule has 0 saturated heterocycles. The summed E-state index contributed by atoms with van der Waals surface area (Å²) in [6.07, 6.45) is 0.290. The van der Waals surface area contributed by atoms with Crippen molar-refractivity contribution in [3.8, 4) is 0 Å². The SMILES string of the molecule is CC(C)(C)OC(=O)NC/C(Cc1ccccc1)=N/SC(C)(C)C. The molecule has 0 aliphatic rings. The first-order valence-corrected chi connectivity index (χ1v) is 8.57. The van der Waals surface area contributed by atoms with Crippen LogP contribution in [0.15, 0.2) is 34.7 Å². The summed E-state index contributed by atoms with van der Waals surface area (Å²) in [4.78, 5) is 11.8. The van der Waals surface area contributed by atoms with Crippen LogP contribution in [0.1, 0.15) is 47.1 Å². The maximum Gasteiger partial charge on any atom is 0.407 e. The van der Waals surface area contributed by atoms with E-state index in [1.54, 1.807) is 0 Å². The van der Waals surface area contributed by atoms with Crippen molar-refractivity contribution < 1.29 is 9.53 Å². The van der Waals surface area contributed by atoms with Crippen molar-refractivity contribution in [1.29, 1.82) is 0 Å². The Kier molecular flexibility index (Phi) is 7.13. The molecule has 0 aliphatic carbocycles. The summed E-state index contributed by atoms with van der Waals surface area (Å²) in [6.45, 7) is 12.3. The van der Waals surface area contributed by atoms with Gasteiger partial charge < -0.3 is 10.1 Å². The monoisotopic (exact) mass is 336 g/mol. The molecule has 1 N–H and O–H groups in total. The van der Waals surface area contributed by atoms with E-state index >= 15 is 0 Å². The molecule has 1 aromatic carbocycles. The summed E-state index contributed by atoms with van der Waals surface area (Å²) >= 11 is 1.52. The van der Waals surface area contributed by atoms with Gasteiger partial charge in [0.1, 0.15) is 5.60 Å². The van der Waals surface area contributed by atoms with Crippen LogP contribution in [0.3, 0.4) is 0 Å². The van der Waals surface area contributed by atoms with Gasteiger partial charge in [-0.05, 0) is 59.1 Å². The normalized spacial score (nSPS) is 12.9. The number of rotatable bonds is 5. The van der Waals surface area contributed by atoms with E-state index in [0.29, 0.717) is 13.0 Å². The van der Waals surface area contributed by atoms with Gasteiger partial charge in [-0.1, -0.05) is 30.3 Å². The maximum atomic E-state index is 11.8. The van der Waals surface area contributed by atoms with E-state index in [2.05, 4.69) is 42.6 Å². The molecule has 23 heavy (non-hydrogen) atoms. The van der Waals surface area contributed by atoms with Crippen molar-refractivity contribution in [2.75, 3.05) is 6.54 Å². The average Bonchev–Trinajstić information content (AvgIpc) is 2.40. The molecule has 0 atom stereocenters. The van der Waals surface area contributed by atoms with Crippen LogP contribution in [0.4, 0.5) is 4.79 Å². The van der Waals surface area contributed by atoms with Gasteiger partial charge in [0, 0.05) is 16.9 Å². The van der Waals surface area contributed by atoms with E-state index in [1.165, 1.54) is 17.5 Å². The van der Waals surface area contributed by atoms with E-state index in [9.17, 15) is 4.79 Å². The summed E-state index contributed by atoms with van der Waals surface area (Å²) in [7, 11) is 0. The minimum absolute atomic E-state index is 0.0356. The second-order valence-electron chi connectivity index (χ2n) is 7.38. The molecule has 1 rings (SSSR count). The Morgan fingerprint density at radius 2 is 1.74 bits per heavy atom. The Labute approximate surface area is 144 Å². The van der Waals surface area contributed by atoms with Crippen LogP contribution in [0.25, 0.3) is 0 Å². The van der Waals surface area contributed by atoms with Crippen LogP contribution in [0.2, 0.25) is 0 Å². The van der Waals surface area contributed by atoms with Gasteiger partial charge in [-0.2, -0.15) is 0 Å². The Balaban J connectivity index is 2.70. The standard InChI is InChI=1S/C18H28N2O2S/c1-17(2,3)22-16(21)19-13-15(20-23-18(4,5)6)12-14-10-8-7-9-11-14/h7-11H,12-13H2,1-6H3,(H,19,21)/b20-15+. The first kappa shape index (κ1) is 19.6. The molecule has 0 bridgehead atoms. The fourth-order valence-electron chi connectivity index (χ4n) is 1.65. The number of nitrogens with one attached hydrogen (secondary N) is 1. The van der Waals surface area contributed by atoms with Gasteiger partial charge in [-0.3, -0.25) is 0 Å². The quantitative estimate of drug-likeness (QED) is 0.629. The predicted molar refractivity (Wildman–Crippen MR) is 99.2 cm³/mol. The smallest absolute Gasteiger partial charge is 0.407 e. The van der Waals surface area contributed by atoms with Crippen LogP contribution in [-0.4, -0.2) is 28.7 Å². The molecule has 1 aromatic rings. The molecule has 0 radical (unpaired) electrons. The second kappa shape index (κ2) is 8.39. The molecule has 4 nitrogen and oxygen atoms in total. The zero-order chi connectivity index (χ0) is 17.5. The fourth-order valence-corrected chi connectivity index (χ4v) is 2.18. The molecule has 0 fully saturated rings. The van der Waals surface area contributed by atoms with Gasteiger partial charge in [0.15, 0.2) is 0 Å². The number of amides is 1.